The van der Waals surface area contributed by atoms with Crippen LogP contribution in [-0.4, -0.2) is 21.3 Å². The number of hydrogen-bond donors (Lipinski definition) is 1. The van der Waals surface area contributed by atoms with Gasteiger partial charge in [0, 0.05) is 11.8 Å². The number of halogens is 3. The van der Waals surface area contributed by atoms with Crippen LogP contribution in [0.15, 0.2) is 42.7 Å². The fourth-order valence-electron chi connectivity index (χ4n) is 1.81. The van der Waals surface area contributed by atoms with Crippen LogP contribution in [0.5, 0.6) is 5.75 Å². The van der Waals surface area contributed by atoms with Gasteiger partial charge in [0.15, 0.2) is 0 Å². The van der Waals surface area contributed by atoms with Gasteiger partial charge >= 0.3 is 6.36 Å². The Morgan fingerprint density at radius 2 is 1.80 bits per heavy atom. The number of aromatic amines is 1. The first-order valence-corrected chi connectivity index (χ1v) is 5.67. The van der Waals surface area contributed by atoms with Crippen molar-refractivity contribution < 1.29 is 17.9 Å². The zero-order valence-corrected chi connectivity index (χ0v) is 9.98. The number of imidazole rings is 1. The van der Waals surface area contributed by atoms with Crippen molar-refractivity contribution in [3.63, 3.8) is 0 Å². The molecule has 0 radical (unpaired) electrons. The van der Waals surface area contributed by atoms with E-state index in [1.165, 1.54) is 24.3 Å². The van der Waals surface area contributed by atoms with E-state index in [1.54, 1.807) is 18.5 Å². The molecule has 2 heterocycles. The first-order valence-electron chi connectivity index (χ1n) is 5.67. The van der Waals surface area contributed by atoms with Crippen molar-refractivity contribution in [3.05, 3.63) is 42.7 Å². The van der Waals surface area contributed by atoms with E-state index in [-0.39, 0.29) is 5.75 Å². The van der Waals surface area contributed by atoms with Gasteiger partial charge in [-0.2, -0.15) is 0 Å². The summed E-state index contributed by atoms with van der Waals surface area (Å²) in [5.41, 5.74) is 2.17. The number of H-pyrrole nitrogens is 1. The Hall–Kier alpha value is -2.57. The molecule has 0 unspecified atom stereocenters. The summed E-state index contributed by atoms with van der Waals surface area (Å²) in [5.74, 6) is 0.297. The smallest absolute Gasteiger partial charge is 0.406 e. The van der Waals surface area contributed by atoms with Crippen molar-refractivity contribution >= 4 is 11.0 Å². The maximum atomic E-state index is 12.1. The molecular weight excluding hydrogens is 271 g/mol. The lowest BCUT2D eigenvalue weighted by atomic mass is 10.2. The van der Waals surface area contributed by atoms with Gasteiger partial charge in [0.05, 0.1) is 17.2 Å². The van der Waals surface area contributed by atoms with Crippen LogP contribution in [-0.2, 0) is 0 Å². The van der Waals surface area contributed by atoms with E-state index < -0.39 is 6.36 Å². The highest BCUT2D eigenvalue weighted by Crippen LogP contribution is 2.26. The third-order valence-corrected chi connectivity index (χ3v) is 2.64. The normalized spacial score (nSPS) is 11.8. The molecule has 0 saturated heterocycles. The monoisotopic (exact) mass is 279 g/mol. The third kappa shape index (κ3) is 2.56. The van der Waals surface area contributed by atoms with Gasteiger partial charge in [-0.3, -0.25) is 4.98 Å². The number of ether oxygens (including phenoxy) is 1. The van der Waals surface area contributed by atoms with Gasteiger partial charge in [-0.15, -0.1) is 13.2 Å². The molecule has 0 fully saturated rings. The second-order valence-corrected chi connectivity index (χ2v) is 4.05. The Labute approximate surface area is 111 Å². The highest BCUT2D eigenvalue weighted by molar-refractivity contribution is 5.78. The van der Waals surface area contributed by atoms with Crippen molar-refractivity contribution in [3.8, 4) is 17.1 Å². The van der Waals surface area contributed by atoms with Crippen LogP contribution in [0.2, 0.25) is 0 Å². The molecule has 4 nitrogen and oxygen atoms in total. The lowest BCUT2D eigenvalue weighted by molar-refractivity contribution is -0.274. The summed E-state index contributed by atoms with van der Waals surface area (Å²) in [6.45, 7) is 0. The van der Waals surface area contributed by atoms with E-state index in [1.807, 2.05) is 0 Å². The Morgan fingerprint density at radius 1 is 1.05 bits per heavy atom. The lowest BCUT2D eigenvalue weighted by Crippen LogP contribution is -2.16. The summed E-state index contributed by atoms with van der Waals surface area (Å²) < 4.78 is 40.0. The van der Waals surface area contributed by atoms with E-state index in [0.717, 1.165) is 11.0 Å². The number of alkyl halides is 3. The zero-order valence-electron chi connectivity index (χ0n) is 9.98. The van der Waals surface area contributed by atoms with Gasteiger partial charge in [-0.1, -0.05) is 0 Å². The summed E-state index contributed by atoms with van der Waals surface area (Å²) in [4.78, 5) is 11.3. The van der Waals surface area contributed by atoms with Gasteiger partial charge in [0.25, 0.3) is 0 Å². The maximum absolute atomic E-state index is 12.1. The second kappa shape index (κ2) is 4.52. The Kier molecular flexibility index (Phi) is 2.81. The number of nitrogens with zero attached hydrogens (tertiary/aromatic N) is 2. The van der Waals surface area contributed by atoms with Crippen molar-refractivity contribution in [2.24, 2.45) is 0 Å². The molecule has 0 spiro atoms. The zero-order chi connectivity index (χ0) is 14.2. The predicted molar refractivity (Wildman–Crippen MR) is 66.0 cm³/mol. The summed E-state index contributed by atoms with van der Waals surface area (Å²) in [7, 11) is 0. The molecule has 0 bridgehead atoms. The third-order valence-electron chi connectivity index (χ3n) is 2.64. The van der Waals surface area contributed by atoms with Crippen LogP contribution < -0.4 is 4.74 Å². The molecule has 102 valence electrons. The fourth-order valence-corrected chi connectivity index (χ4v) is 1.81. The van der Waals surface area contributed by atoms with Crippen LogP contribution in [0.25, 0.3) is 22.4 Å². The SMILES string of the molecule is FC(F)(F)Oc1ccc(-c2nc3ccncc3[nH]2)cc1. The number of aromatic nitrogens is 3. The van der Waals surface area contributed by atoms with Gasteiger partial charge in [0.1, 0.15) is 11.6 Å². The van der Waals surface area contributed by atoms with Gasteiger partial charge < -0.3 is 9.72 Å². The average molecular weight is 279 g/mol. The van der Waals surface area contributed by atoms with Crippen molar-refractivity contribution in [1.29, 1.82) is 0 Å². The van der Waals surface area contributed by atoms with Gasteiger partial charge in [-0.25, -0.2) is 4.98 Å². The highest BCUT2D eigenvalue weighted by atomic mass is 19.4. The van der Waals surface area contributed by atoms with Crippen LogP contribution in [0.3, 0.4) is 0 Å². The number of benzene rings is 1. The van der Waals surface area contributed by atoms with E-state index >= 15 is 0 Å². The van der Waals surface area contributed by atoms with E-state index in [0.29, 0.717) is 11.4 Å². The summed E-state index contributed by atoms with van der Waals surface area (Å²) in [6, 6.07) is 7.25. The molecule has 0 atom stereocenters. The molecule has 1 N–H and O–H groups in total. The standard InChI is InChI=1S/C13H8F3N3O/c14-13(15,16)20-9-3-1-8(2-4-9)12-18-10-5-6-17-7-11(10)19-12/h1-7H,(H,18,19). The maximum Gasteiger partial charge on any atom is 0.573 e. The van der Waals surface area contributed by atoms with Crippen molar-refractivity contribution in [2.45, 2.75) is 6.36 Å². The van der Waals surface area contributed by atoms with Crippen LogP contribution in [0, 0.1) is 0 Å². The number of nitrogens with one attached hydrogen (secondary N) is 1. The van der Waals surface area contributed by atoms with Gasteiger partial charge in [-0.05, 0) is 30.3 Å². The predicted octanol–water partition coefficient (Wildman–Crippen LogP) is 3.52. The minimum Gasteiger partial charge on any atom is -0.406 e. The van der Waals surface area contributed by atoms with E-state index in [2.05, 4.69) is 19.7 Å². The molecule has 0 aliphatic carbocycles. The Balaban J connectivity index is 1.90. The van der Waals surface area contributed by atoms with Crippen LogP contribution in [0.4, 0.5) is 13.2 Å². The Bertz CT molecular complexity index is 701. The molecule has 0 aliphatic rings. The minimum absolute atomic E-state index is 0.265. The topological polar surface area (TPSA) is 50.8 Å². The number of pyridine rings is 1. The van der Waals surface area contributed by atoms with E-state index in [9.17, 15) is 13.2 Å². The van der Waals surface area contributed by atoms with Crippen LogP contribution in [0.1, 0.15) is 0 Å². The molecule has 0 amide bonds. The average Bonchev–Trinajstić information content (AvgIpc) is 2.81. The lowest BCUT2D eigenvalue weighted by Gasteiger charge is -2.08. The fraction of sp³-hybridized carbons (Fsp3) is 0.0769. The quantitative estimate of drug-likeness (QED) is 0.780. The molecular formula is C13H8F3N3O. The molecule has 3 aromatic rings. The van der Waals surface area contributed by atoms with Crippen LogP contribution >= 0.6 is 0 Å². The van der Waals surface area contributed by atoms with E-state index in [4.69, 9.17) is 0 Å². The number of fused-ring (bicyclic) bond motifs is 1. The first-order chi connectivity index (χ1) is 9.51. The summed E-state index contributed by atoms with van der Waals surface area (Å²) >= 11 is 0. The molecule has 0 saturated carbocycles. The number of hydrogen-bond acceptors (Lipinski definition) is 3. The second-order valence-electron chi connectivity index (χ2n) is 4.05. The van der Waals surface area contributed by atoms with Crippen molar-refractivity contribution in [1.82, 2.24) is 15.0 Å². The molecule has 1 aromatic carbocycles. The molecule has 2 aromatic heterocycles. The highest BCUT2D eigenvalue weighted by Gasteiger charge is 2.30. The molecule has 7 heteroatoms. The first kappa shape index (κ1) is 12.5. The summed E-state index contributed by atoms with van der Waals surface area (Å²) in [5, 5.41) is 0. The number of rotatable bonds is 2. The molecule has 0 aliphatic heterocycles. The summed E-state index contributed by atoms with van der Waals surface area (Å²) in [6.07, 6.45) is -1.44. The molecule has 3 rings (SSSR count). The minimum atomic E-state index is -4.69. The van der Waals surface area contributed by atoms with Crippen molar-refractivity contribution in [2.75, 3.05) is 0 Å². The molecule has 20 heavy (non-hydrogen) atoms. The Morgan fingerprint density at radius 3 is 2.45 bits per heavy atom. The van der Waals surface area contributed by atoms with Gasteiger partial charge in [0.2, 0.25) is 0 Å². The largest absolute Gasteiger partial charge is 0.573 e.